The predicted octanol–water partition coefficient (Wildman–Crippen LogP) is 3.03. The van der Waals surface area contributed by atoms with E-state index >= 15 is 0 Å². The lowest BCUT2D eigenvalue weighted by molar-refractivity contribution is -0.114. The molecule has 0 saturated heterocycles. The van der Waals surface area contributed by atoms with E-state index in [1.54, 1.807) is 30.3 Å². The van der Waals surface area contributed by atoms with Crippen LogP contribution in [0.15, 0.2) is 53.5 Å². The van der Waals surface area contributed by atoms with Crippen LogP contribution in [-0.2, 0) is 10.2 Å². The Kier molecular flexibility index (Phi) is 6.50. The van der Waals surface area contributed by atoms with E-state index in [0.717, 1.165) is 18.4 Å². The smallest absolute Gasteiger partial charge is 0.246 e. The van der Waals surface area contributed by atoms with Crippen molar-refractivity contribution in [3.8, 4) is 12.3 Å². The summed E-state index contributed by atoms with van der Waals surface area (Å²) in [7, 11) is 0. The third kappa shape index (κ3) is 5.35. The number of terminal acetylenes is 1. The fourth-order valence-electron chi connectivity index (χ4n) is 3.22. The maximum atomic E-state index is 14.2. The largest absolute Gasteiger partial charge is 0.357 e. The molecule has 0 bridgehead atoms. The number of benzene rings is 2. The van der Waals surface area contributed by atoms with Crippen LogP contribution < -0.4 is 16.0 Å². The van der Waals surface area contributed by atoms with Gasteiger partial charge in [0.25, 0.3) is 0 Å². The summed E-state index contributed by atoms with van der Waals surface area (Å²) in [5.41, 5.74) is 1.85. The average Bonchev–Trinajstić information content (AvgIpc) is 3.51. The van der Waals surface area contributed by atoms with Gasteiger partial charge in [0.1, 0.15) is 12.4 Å². The maximum Gasteiger partial charge on any atom is 0.246 e. The van der Waals surface area contributed by atoms with Crippen LogP contribution in [0, 0.1) is 18.2 Å². The Hall–Kier alpha value is -3.33. The molecule has 29 heavy (non-hydrogen) atoms. The van der Waals surface area contributed by atoms with Crippen LogP contribution >= 0.6 is 0 Å². The first-order valence-corrected chi connectivity index (χ1v) is 9.70. The van der Waals surface area contributed by atoms with E-state index < -0.39 is 0 Å². The van der Waals surface area contributed by atoms with Crippen molar-refractivity contribution < 1.29 is 9.18 Å². The Morgan fingerprint density at radius 1 is 1.21 bits per heavy atom. The lowest BCUT2D eigenvalue weighted by atomic mass is 9.95. The molecule has 0 atom stereocenters. The number of amides is 1. The molecule has 0 spiro atoms. The molecule has 2 aromatic rings. The normalized spacial score (nSPS) is 14.6. The van der Waals surface area contributed by atoms with Crippen LogP contribution in [0.2, 0.25) is 0 Å². The molecule has 3 rings (SSSR count). The quantitative estimate of drug-likeness (QED) is 0.386. The molecule has 1 saturated carbocycles. The second kappa shape index (κ2) is 9.24. The number of nitrogens with zero attached hydrogens (tertiary/aromatic N) is 1. The third-order valence-corrected chi connectivity index (χ3v) is 4.93. The van der Waals surface area contributed by atoms with Gasteiger partial charge in [-0.3, -0.25) is 4.79 Å². The van der Waals surface area contributed by atoms with Crippen LogP contribution in [-0.4, -0.2) is 31.5 Å². The first-order valence-electron chi connectivity index (χ1n) is 9.70. The van der Waals surface area contributed by atoms with Crippen molar-refractivity contribution in [2.75, 3.05) is 25.0 Å². The minimum atomic E-state index is -0.244. The van der Waals surface area contributed by atoms with Crippen molar-refractivity contribution in [3.63, 3.8) is 0 Å². The number of anilines is 1. The van der Waals surface area contributed by atoms with Crippen molar-refractivity contribution in [1.29, 1.82) is 0 Å². The highest BCUT2D eigenvalue weighted by atomic mass is 19.1. The first-order chi connectivity index (χ1) is 14.1. The highest BCUT2D eigenvalue weighted by Gasteiger charge is 2.45. The molecule has 1 aliphatic rings. The van der Waals surface area contributed by atoms with Gasteiger partial charge in [-0.25, -0.2) is 9.38 Å². The third-order valence-electron chi connectivity index (χ3n) is 4.93. The van der Waals surface area contributed by atoms with Gasteiger partial charge in [0.2, 0.25) is 5.91 Å². The minimum absolute atomic E-state index is 0.0394. The molecule has 2 aromatic carbocycles. The number of carbonyl (C=O) groups is 1. The number of nitrogens with one attached hydrogen (secondary N) is 3. The van der Waals surface area contributed by atoms with Gasteiger partial charge in [-0.05, 0) is 49.6 Å². The Morgan fingerprint density at radius 2 is 2.00 bits per heavy atom. The molecule has 5 nitrogen and oxygen atoms in total. The highest BCUT2D eigenvalue weighted by molar-refractivity contribution is 5.94. The van der Waals surface area contributed by atoms with Gasteiger partial charge >= 0.3 is 0 Å². The molecular weight excluding hydrogens is 367 g/mol. The molecule has 0 aliphatic heterocycles. The number of guanidine groups is 1. The van der Waals surface area contributed by atoms with Crippen LogP contribution in [0.4, 0.5) is 10.1 Å². The molecule has 0 aromatic heterocycles. The fourth-order valence-corrected chi connectivity index (χ4v) is 3.22. The van der Waals surface area contributed by atoms with Crippen molar-refractivity contribution in [2.24, 2.45) is 4.99 Å². The van der Waals surface area contributed by atoms with Gasteiger partial charge < -0.3 is 16.0 Å². The standard InChI is InChI=1S/C23H25FN4O/c1-3-17-8-7-9-18(14-17)28-21(29)15-26-22(25-4-2)27-16-23(12-13-23)19-10-5-6-11-20(19)24/h1,5-11,14H,4,12-13,15-16H2,2H3,(H,28,29)(H2,25,26,27). The van der Waals surface area contributed by atoms with E-state index in [9.17, 15) is 9.18 Å². The minimum Gasteiger partial charge on any atom is -0.357 e. The zero-order chi connectivity index (χ0) is 20.7. The zero-order valence-electron chi connectivity index (χ0n) is 16.5. The van der Waals surface area contributed by atoms with Crippen LogP contribution in [0.5, 0.6) is 0 Å². The summed E-state index contributed by atoms with van der Waals surface area (Å²) < 4.78 is 14.2. The lowest BCUT2D eigenvalue weighted by Crippen LogP contribution is -2.42. The summed E-state index contributed by atoms with van der Waals surface area (Å²) in [5.74, 6) is 2.64. The van der Waals surface area contributed by atoms with Crippen LogP contribution in [0.1, 0.15) is 30.9 Å². The van der Waals surface area contributed by atoms with E-state index in [-0.39, 0.29) is 23.7 Å². The monoisotopic (exact) mass is 392 g/mol. The van der Waals surface area contributed by atoms with E-state index in [0.29, 0.717) is 30.3 Å². The maximum absolute atomic E-state index is 14.2. The molecule has 1 aliphatic carbocycles. The van der Waals surface area contributed by atoms with E-state index in [1.165, 1.54) is 6.07 Å². The number of aliphatic imine (C=N–C) groups is 1. The summed E-state index contributed by atoms with van der Waals surface area (Å²) >= 11 is 0. The number of hydrogen-bond acceptors (Lipinski definition) is 2. The highest BCUT2D eigenvalue weighted by Crippen LogP contribution is 2.48. The first kappa shape index (κ1) is 20.4. The summed E-state index contributed by atoms with van der Waals surface area (Å²) in [6.07, 6.45) is 7.23. The van der Waals surface area contributed by atoms with E-state index in [2.05, 4.69) is 26.9 Å². The Labute approximate surface area is 170 Å². The Balaban J connectivity index is 1.59. The second-order valence-corrected chi connectivity index (χ2v) is 7.08. The predicted molar refractivity (Wildman–Crippen MR) is 114 cm³/mol. The number of carbonyl (C=O) groups excluding carboxylic acids is 1. The molecule has 3 N–H and O–H groups in total. The Morgan fingerprint density at radius 3 is 2.69 bits per heavy atom. The van der Waals surface area contributed by atoms with Crippen molar-refractivity contribution in [2.45, 2.75) is 25.2 Å². The SMILES string of the molecule is C#Cc1cccc(NC(=O)CN=C(NCC)NCC2(c3ccccc3F)CC2)c1. The summed E-state index contributed by atoms with van der Waals surface area (Å²) in [5, 5.41) is 9.16. The van der Waals surface area contributed by atoms with Crippen LogP contribution in [0.3, 0.4) is 0 Å². The zero-order valence-corrected chi connectivity index (χ0v) is 16.5. The van der Waals surface area contributed by atoms with Crippen molar-refractivity contribution in [3.05, 3.63) is 65.5 Å². The van der Waals surface area contributed by atoms with E-state index in [4.69, 9.17) is 6.42 Å². The number of hydrogen-bond donors (Lipinski definition) is 3. The lowest BCUT2D eigenvalue weighted by Gasteiger charge is -2.19. The molecule has 6 heteroatoms. The summed E-state index contributed by atoms with van der Waals surface area (Å²) in [6.45, 7) is 3.13. The van der Waals surface area contributed by atoms with Gasteiger partial charge in [0, 0.05) is 29.8 Å². The molecule has 0 heterocycles. The van der Waals surface area contributed by atoms with Gasteiger partial charge in [0.05, 0.1) is 0 Å². The second-order valence-electron chi connectivity index (χ2n) is 7.08. The Bertz CT molecular complexity index is 944. The molecule has 1 amide bonds. The van der Waals surface area contributed by atoms with Gasteiger partial charge in [-0.15, -0.1) is 6.42 Å². The molecule has 0 radical (unpaired) electrons. The fraction of sp³-hybridized carbons (Fsp3) is 0.304. The van der Waals surface area contributed by atoms with Crippen LogP contribution in [0.25, 0.3) is 0 Å². The summed E-state index contributed by atoms with van der Waals surface area (Å²) in [6, 6.07) is 14.0. The molecular formula is C23H25FN4O. The van der Waals surface area contributed by atoms with Gasteiger partial charge in [-0.1, -0.05) is 30.2 Å². The average molecular weight is 392 g/mol. The van der Waals surface area contributed by atoms with Crippen molar-refractivity contribution >= 4 is 17.6 Å². The van der Waals surface area contributed by atoms with Gasteiger partial charge in [-0.2, -0.15) is 0 Å². The number of halogens is 1. The van der Waals surface area contributed by atoms with Crippen molar-refractivity contribution in [1.82, 2.24) is 10.6 Å². The number of rotatable bonds is 7. The molecule has 150 valence electrons. The van der Waals surface area contributed by atoms with Gasteiger partial charge in [0.15, 0.2) is 5.96 Å². The van der Waals surface area contributed by atoms with E-state index in [1.807, 2.05) is 19.1 Å². The molecule has 1 fully saturated rings. The molecule has 0 unspecified atom stereocenters. The summed E-state index contributed by atoms with van der Waals surface area (Å²) in [4.78, 5) is 16.6. The topological polar surface area (TPSA) is 65.5 Å².